The molecular weight excluding hydrogens is 242 g/mol. The van der Waals surface area contributed by atoms with Crippen molar-refractivity contribution in [3.8, 4) is 0 Å². The third-order valence-corrected chi connectivity index (χ3v) is 2.46. The highest BCUT2D eigenvalue weighted by Gasteiger charge is 2.20. The van der Waals surface area contributed by atoms with Gasteiger partial charge in [0.1, 0.15) is 5.60 Å². The average Bonchev–Trinajstić information content (AvgIpc) is 2.09. The van der Waals surface area contributed by atoms with Crippen molar-refractivity contribution in [1.82, 2.24) is 5.32 Å². The van der Waals surface area contributed by atoms with Crippen molar-refractivity contribution < 1.29 is 19.4 Å². The summed E-state index contributed by atoms with van der Waals surface area (Å²) in [6.07, 6.45) is 1.91. The van der Waals surface area contributed by atoms with E-state index >= 15 is 0 Å². The third-order valence-electron chi connectivity index (χ3n) is 1.81. The van der Waals surface area contributed by atoms with Gasteiger partial charge in [0, 0.05) is 6.04 Å². The van der Waals surface area contributed by atoms with Crippen molar-refractivity contribution in [3.05, 3.63) is 0 Å². The Bertz CT molecular complexity index is 263. The number of amides is 1. The lowest BCUT2D eigenvalue weighted by atomic mass is 10.1. The van der Waals surface area contributed by atoms with Crippen molar-refractivity contribution in [1.29, 1.82) is 0 Å². The molecule has 5 nitrogen and oxygen atoms in total. The summed E-state index contributed by atoms with van der Waals surface area (Å²) in [6, 6.07) is -0.380. The number of nitrogens with one attached hydrogen (secondary N) is 1. The van der Waals surface area contributed by atoms with Crippen LogP contribution in [0, 0.1) is 0 Å². The van der Waals surface area contributed by atoms with Crippen molar-refractivity contribution in [2.24, 2.45) is 0 Å². The van der Waals surface area contributed by atoms with Crippen LogP contribution in [0.4, 0.5) is 4.79 Å². The van der Waals surface area contributed by atoms with Crippen LogP contribution in [0.15, 0.2) is 0 Å². The second-order valence-corrected chi connectivity index (χ2v) is 5.71. The molecule has 0 saturated carbocycles. The summed E-state index contributed by atoms with van der Waals surface area (Å²) in [5.41, 5.74) is -0.572. The van der Waals surface area contributed by atoms with E-state index < -0.39 is 17.7 Å². The Labute approximate surface area is 106 Å². The van der Waals surface area contributed by atoms with Crippen LogP contribution >= 0.6 is 11.8 Å². The Kier molecular flexibility index (Phi) is 7.03. The van der Waals surface area contributed by atoms with Gasteiger partial charge in [-0.1, -0.05) is 0 Å². The molecule has 0 fully saturated rings. The lowest BCUT2D eigenvalue weighted by molar-refractivity contribution is -0.137. The molecule has 100 valence electrons. The predicted octanol–water partition coefficient (Wildman–Crippen LogP) is 2.11. The Balaban J connectivity index is 4.21. The van der Waals surface area contributed by atoms with Gasteiger partial charge in [0.2, 0.25) is 0 Å². The number of carbonyl (C=O) groups excluding carboxylic acids is 1. The second-order valence-electron chi connectivity index (χ2n) is 4.72. The van der Waals surface area contributed by atoms with Crippen molar-refractivity contribution >= 4 is 23.8 Å². The van der Waals surface area contributed by atoms with Crippen molar-refractivity contribution in [2.45, 2.75) is 45.3 Å². The highest BCUT2D eigenvalue weighted by molar-refractivity contribution is 7.98. The number of rotatable bonds is 6. The van der Waals surface area contributed by atoms with Gasteiger partial charge in [-0.05, 0) is 39.2 Å². The van der Waals surface area contributed by atoms with Crippen molar-refractivity contribution in [3.63, 3.8) is 0 Å². The number of thioether (sulfide) groups is 1. The average molecular weight is 263 g/mol. The van der Waals surface area contributed by atoms with Gasteiger partial charge < -0.3 is 15.2 Å². The Morgan fingerprint density at radius 3 is 2.41 bits per heavy atom. The first-order valence-electron chi connectivity index (χ1n) is 5.45. The molecule has 0 saturated heterocycles. The first-order chi connectivity index (χ1) is 7.74. The molecule has 0 bridgehead atoms. The maximum absolute atomic E-state index is 11.5. The zero-order chi connectivity index (χ0) is 13.5. The summed E-state index contributed by atoms with van der Waals surface area (Å²) in [7, 11) is 0. The van der Waals surface area contributed by atoms with Crippen LogP contribution in [-0.4, -0.2) is 40.8 Å². The number of carboxylic acids is 1. The van der Waals surface area contributed by atoms with Gasteiger partial charge in [0.15, 0.2) is 0 Å². The van der Waals surface area contributed by atoms with E-state index in [0.717, 1.165) is 5.75 Å². The summed E-state index contributed by atoms with van der Waals surface area (Å²) in [6.45, 7) is 5.29. The van der Waals surface area contributed by atoms with E-state index in [1.807, 2.05) is 6.26 Å². The lowest BCUT2D eigenvalue weighted by Crippen LogP contribution is -2.40. The van der Waals surface area contributed by atoms with Crippen molar-refractivity contribution in [2.75, 3.05) is 12.0 Å². The second kappa shape index (κ2) is 7.42. The smallest absolute Gasteiger partial charge is 0.407 e. The van der Waals surface area contributed by atoms with E-state index in [1.54, 1.807) is 32.5 Å². The molecule has 1 unspecified atom stereocenters. The van der Waals surface area contributed by atoms with Crippen LogP contribution in [0.2, 0.25) is 0 Å². The van der Waals surface area contributed by atoms with Crippen LogP contribution in [0.5, 0.6) is 0 Å². The van der Waals surface area contributed by atoms with Crippen LogP contribution in [-0.2, 0) is 9.53 Å². The molecule has 0 spiro atoms. The third kappa shape index (κ3) is 9.99. The summed E-state index contributed by atoms with van der Waals surface area (Å²) in [5, 5.41) is 11.3. The van der Waals surface area contributed by atoms with Gasteiger partial charge in [0.05, 0.1) is 6.42 Å². The SMILES string of the molecule is CSCCC(CC(=O)O)NC(=O)OC(C)(C)C. The minimum absolute atomic E-state index is 0.0835. The Hall–Kier alpha value is -0.910. The monoisotopic (exact) mass is 263 g/mol. The summed E-state index contributed by atoms with van der Waals surface area (Å²) in [4.78, 5) is 22.1. The van der Waals surface area contributed by atoms with Crippen LogP contribution in [0.1, 0.15) is 33.6 Å². The van der Waals surface area contributed by atoms with Crippen LogP contribution in [0.3, 0.4) is 0 Å². The maximum atomic E-state index is 11.5. The first kappa shape index (κ1) is 16.1. The Morgan fingerprint density at radius 1 is 1.41 bits per heavy atom. The number of aliphatic carboxylic acids is 1. The van der Waals surface area contributed by atoms with Gasteiger partial charge >= 0.3 is 12.1 Å². The quantitative estimate of drug-likeness (QED) is 0.767. The zero-order valence-corrected chi connectivity index (χ0v) is 11.6. The Morgan fingerprint density at radius 2 is 2.00 bits per heavy atom. The molecule has 0 rings (SSSR count). The molecule has 0 aliphatic heterocycles. The topological polar surface area (TPSA) is 75.6 Å². The van der Waals surface area contributed by atoms with E-state index in [9.17, 15) is 9.59 Å². The van der Waals surface area contributed by atoms with Gasteiger partial charge in [-0.25, -0.2) is 4.79 Å². The minimum atomic E-state index is -0.924. The minimum Gasteiger partial charge on any atom is -0.481 e. The summed E-state index contributed by atoms with van der Waals surface area (Å²) < 4.78 is 5.08. The first-order valence-corrected chi connectivity index (χ1v) is 6.84. The molecule has 0 aliphatic carbocycles. The van der Waals surface area contributed by atoms with Gasteiger partial charge in [-0.15, -0.1) is 0 Å². The predicted molar refractivity (Wildman–Crippen MR) is 68.4 cm³/mol. The maximum Gasteiger partial charge on any atom is 0.407 e. The largest absolute Gasteiger partial charge is 0.481 e. The fourth-order valence-electron chi connectivity index (χ4n) is 1.17. The van der Waals surface area contributed by atoms with E-state index in [0.29, 0.717) is 6.42 Å². The molecule has 0 aliphatic rings. The van der Waals surface area contributed by atoms with Gasteiger partial charge in [0.25, 0.3) is 0 Å². The zero-order valence-electron chi connectivity index (χ0n) is 10.8. The van der Waals surface area contributed by atoms with Gasteiger partial charge in [-0.3, -0.25) is 4.79 Å². The molecule has 1 amide bonds. The van der Waals surface area contributed by atoms with E-state index in [4.69, 9.17) is 9.84 Å². The number of hydrogen-bond donors (Lipinski definition) is 2. The van der Waals surface area contributed by atoms with E-state index in [1.165, 1.54) is 0 Å². The normalized spacial score (nSPS) is 12.9. The number of ether oxygens (including phenoxy) is 1. The number of hydrogen-bond acceptors (Lipinski definition) is 4. The lowest BCUT2D eigenvalue weighted by Gasteiger charge is -2.22. The highest BCUT2D eigenvalue weighted by Crippen LogP contribution is 2.09. The fraction of sp³-hybridized carbons (Fsp3) is 0.818. The standard InChI is InChI=1S/C11H21NO4S/c1-11(2,3)16-10(15)12-8(5-6-17-4)7-9(13)14/h8H,5-7H2,1-4H3,(H,12,15)(H,13,14). The summed E-state index contributed by atoms with van der Waals surface area (Å²) >= 11 is 1.61. The molecule has 0 heterocycles. The molecule has 0 aromatic rings. The molecule has 6 heteroatoms. The van der Waals surface area contributed by atoms with Crippen LogP contribution < -0.4 is 5.32 Å². The van der Waals surface area contributed by atoms with Crippen LogP contribution in [0.25, 0.3) is 0 Å². The molecule has 1 atom stereocenters. The van der Waals surface area contributed by atoms with E-state index in [2.05, 4.69) is 5.32 Å². The van der Waals surface area contributed by atoms with Gasteiger partial charge in [-0.2, -0.15) is 11.8 Å². The fourth-order valence-corrected chi connectivity index (χ4v) is 1.69. The number of alkyl carbamates (subject to hydrolysis) is 1. The molecule has 0 radical (unpaired) electrons. The number of carboxylic acid groups (broad SMARTS) is 1. The summed E-state index contributed by atoms with van der Waals surface area (Å²) in [5.74, 6) is -0.125. The molecule has 0 aromatic carbocycles. The highest BCUT2D eigenvalue weighted by atomic mass is 32.2. The molecule has 0 aromatic heterocycles. The van der Waals surface area contributed by atoms with E-state index in [-0.39, 0.29) is 12.5 Å². The molecule has 2 N–H and O–H groups in total. The molecule has 17 heavy (non-hydrogen) atoms. The number of carbonyl (C=O) groups is 2. The molecular formula is C11H21NO4S.